The molecule has 0 unspecified atom stereocenters. The summed E-state index contributed by atoms with van der Waals surface area (Å²) >= 11 is 12.6. The van der Waals surface area contributed by atoms with Crippen molar-refractivity contribution in [3.8, 4) is 11.4 Å². The van der Waals surface area contributed by atoms with Crippen LogP contribution in [0.2, 0.25) is 10.0 Å². The van der Waals surface area contributed by atoms with E-state index < -0.39 is 0 Å². The van der Waals surface area contributed by atoms with Gasteiger partial charge in [-0.1, -0.05) is 35.3 Å². The van der Waals surface area contributed by atoms with E-state index >= 15 is 0 Å². The number of anilines is 2. The standard InChI is InChI=1S/C22H18Cl2N6O/c1-11-12-7-8-15-20(17(12)21(31)27-18(11)16-9-25-10-29(16)2)30(3)22(26-15)28-19-13(23)5-4-6-14(19)24/h4-10H,1-3H3,(H,26,28)(H,27,31). The predicted octanol–water partition coefficient (Wildman–Crippen LogP) is 5.17. The van der Waals surface area contributed by atoms with Crippen molar-refractivity contribution in [1.82, 2.24) is 24.1 Å². The molecule has 9 heteroatoms. The van der Waals surface area contributed by atoms with E-state index in [1.54, 1.807) is 30.7 Å². The molecular weight excluding hydrogens is 435 g/mol. The Morgan fingerprint density at radius 3 is 2.52 bits per heavy atom. The normalized spacial score (nSPS) is 11.5. The number of aromatic nitrogens is 5. The minimum atomic E-state index is -0.187. The molecule has 3 heterocycles. The number of nitrogens with zero attached hydrogens (tertiary/aromatic N) is 4. The van der Waals surface area contributed by atoms with E-state index in [0.29, 0.717) is 32.6 Å². The van der Waals surface area contributed by atoms with Crippen molar-refractivity contribution in [2.45, 2.75) is 6.92 Å². The van der Waals surface area contributed by atoms with Gasteiger partial charge < -0.3 is 19.4 Å². The van der Waals surface area contributed by atoms with Gasteiger partial charge in [0.2, 0.25) is 5.95 Å². The first-order valence-corrected chi connectivity index (χ1v) is 10.3. The monoisotopic (exact) mass is 452 g/mol. The molecule has 2 aromatic carbocycles. The Labute approximate surface area is 187 Å². The second-order valence-corrected chi connectivity index (χ2v) is 8.23. The van der Waals surface area contributed by atoms with Gasteiger partial charge in [-0.25, -0.2) is 9.97 Å². The van der Waals surface area contributed by atoms with Gasteiger partial charge in [-0.05, 0) is 36.1 Å². The Morgan fingerprint density at radius 1 is 1.10 bits per heavy atom. The number of imidazole rings is 2. The lowest BCUT2D eigenvalue weighted by Crippen LogP contribution is -2.12. The Morgan fingerprint density at radius 2 is 1.84 bits per heavy atom. The van der Waals surface area contributed by atoms with E-state index in [0.717, 1.165) is 27.9 Å². The Kier molecular flexibility index (Phi) is 4.53. The summed E-state index contributed by atoms with van der Waals surface area (Å²) in [6.07, 6.45) is 3.45. The number of hydrogen-bond acceptors (Lipinski definition) is 4. The molecule has 0 amide bonds. The molecule has 0 aliphatic carbocycles. The van der Waals surface area contributed by atoms with Crippen molar-refractivity contribution in [3.63, 3.8) is 0 Å². The summed E-state index contributed by atoms with van der Waals surface area (Å²) in [5.41, 5.74) is 4.36. The third-order valence-corrected chi connectivity index (χ3v) is 6.18. The Bertz CT molecular complexity index is 1530. The second-order valence-electron chi connectivity index (χ2n) is 7.42. The van der Waals surface area contributed by atoms with E-state index in [2.05, 4.69) is 20.3 Å². The number of benzene rings is 2. The van der Waals surface area contributed by atoms with Crippen LogP contribution in [-0.2, 0) is 14.1 Å². The van der Waals surface area contributed by atoms with E-state index in [-0.39, 0.29) is 5.56 Å². The van der Waals surface area contributed by atoms with Crippen LogP contribution < -0.4 is 10.9 Å². The van der Waals surface area contributed by atoms with Crippen molar-refractivity contribution in [2.75, 3.05) is 5.32 Å². The zero-order chi connectivity index (χ0) is 21.9. The highest BCUT2D eigenvalue weighted by Crippen LogP contribution is 2.35. The quantitative estimate of drug-likeness (QED) is 0.395. The number of para-hydroxylation sites is 1. The van der Waals surface area contributed by atoms with Crippen LogP contribution in [0.3, 0.4) is 0 Å². The van der Waals surface area contributed by atoms with Gasteiger partial charge in [0.1, 0.15) is 0 Å². The number of rotatable bonds is 3. The summed E-state index contributed by atoms with van der Waals surface area (Å²) in [6, 6.07) is 9.13. The Hall–Kier alpha value is -3.29. The van der Waals surface area contributed by atoms with Gasteiger partial charge in [0.15, 0.2) is 0 Å². The molecule has 0 spiro atoms. The molecule has 0 radical (unpaired) electrons. The van der Waals surface area contributed by atoms with Crippen molar-refractivity contribution >= 4 is 56.6 Å². The summed E-state index contributed by atoms with van der Waals surface area (Å²) in [5.74, 6) is 0.533. The molecule has 156 valence electrons. The number of fused-ring (bicyclic) bond motifs is 3. The first kappa shape index (κ1) is 19.7. The lowest BCUT2D eigenvalue weighted by atomic mass is 10.0. The van der Waals surface area contributed by atoms with Gasteiger partial charge >= 0.3 is 0 Å². The minimum absolute atomic E-state index is 0.187. The average Bonchev–Trinajstić information content (AvgIpc) is 3.30. The van der Waals surface area contributed by atoms with Crippen molar-refractivity contribution in [1.29, 1.82) is 0 Å². The molecular formula is C22H18Cl2N6O. The number of pyridine rings is 1. The van der Waals surface area contributed by atoms with Gasteiger partial charge in [0.05, 0.1) is 56.1 Å². The van der Waals surface area contributed by atoms with Crippen LogP contribution in [0.1, 0.15) is 5.56 Å². The fraction of sp³-hybridized carbons (Fsp3) is 0.136. The highest BCUT2D eigenvalue weighted by atomic mass is 35.5. The number of H-pyrrole nitrogens is 1. The zero-order valence-corrected chi connectivity index (χ0v) is 18.5. The number of aromatic amines is 1. The van der Waals surface area contributed by atoms with Gasteiger partial charge in [-0.2, -0.15) is 0 Å². The fourth-order valence-electron chi connectivity index (χ4n) is 3.95. The minimum Gasteiger partial charge on any atom is -0.333 e. The van der Waals surface area contributed by atoms with Crippen molar-refractivity contribution in [2.24, 2.45) is 14.1 Å². The van der Waals surface area contributed by atoms with Crippen molar-refractivity contribution < 1.29 is 0 Å². The van der Waals surface area contributed by atoms with Crippen LogP contribution in [0.5, 0.6) is 0 Å². The summed E-state index contributed by atoms with van der Waals surface area (Å²) in [7, 11) is 3.75. The molecule has 7 nitrogen and oxygen atoms in total. The topological polar surface area (TPSA) is 80.5 Å². The van der Waals surface area contributed by atoms with Gasteiger partial charge in [0, 0.05) is 14.1 Å². The SMILES string of the molecule is Cc1c(-c2cncn2C)[nH]c(=O)c2c1ccc1nc(Nc3c(Cl)cccc3Cl)n(C)c12. The van der Waals surface area contributed by atoms with E-state index in [4.69, 9.17) is 23.2 Å². The maximum absolute atomic E-state index is 13.2. The molecule has 0 fully saturated rings. The summed E-state index contributed by atoms with van der Waals surface area (Å²) in [4.78, 5) is 25.1. The molecule has 0 bridgehead atoms. The molecule has 0 saturated heterocycles. The molecule has 0 aliphatic rings. The molecule has 0 saturated carbocycles. The van der Waals surface area contributed by atoms with Gasteiger partial charge in [-0.15, -0.1) is 0 Å². The van der Waals surface area contributed by atoms with E-state index in [1.807, 2.05) is 42.3 Å². The van der Waals surface area contributed by atoms with Crippen LogP contribution >= 0.6 is 23.2 Å². The third kappa shape index (κ3) is 3.00. The molecule has 0 atom stereocenters. The first-order valence-electron chi connectivity index (χ1n) is 9.56. The molecule has 2 N–H and O–H groups in total. The molecule has 0 aliphatic heterocycles. The van der Waals surface area contributed by atoms with Crippen LogP contribution in [0, 0.1) is 6.92 Å². The molecule has 31 heavy (non-hydrogen) atoms. The highest BCUT2D eigenvalue weighted by molar-refractivity contribution is 6.39. The molecule has 5 rings (SSSR count). The van der Waals surface area contributed by atoms with Crippen LogP contribution in [-0.4, -0.2) is 24.1 Å². The number of aryl methyl sites for hydroxylation is 3. The van der Waals surface area contributed by atoms with Gasteiger partial charge in [0.25, 0.3) is 5.56 Å². The maximum Gasteiger partial charge on any atom is 0.258 e. The highest BCUT2D eigenvalue weighted by Gasteiger charge is 2.19. The van der Waals surface area contributed by atoms with Crippen LogP contribution in [0.25, 0.3) is 33.2 Å². The number of nitrogens with one attached hydrogen (secondary N) is 2. The molecule has 5 aromatic rings. The first-order chi connectivity index (χ1) is 14.9. The molecule has 3 aromatic heterocycles. The average molecular weight is 453 g/mol. The van der Waals surface area contributed by atoms with Crippen LogP contribution in [0.15, 0.2) is 47.7 Å². The number of hydrogen-bond donors (Lipinski definition) is 2. The second kappa shape index (κ2) is 7.14. The zero-order valence-electron chi connectivity index (χ0n) is 17.0. The predicted molar refractivity (Wildman–Crippen MR) is 126 cm³/mol. The third-order valence-electron chi connectivity index (χ3n) is 5.55. The van der Waals surface area contributed by atoms with Gasteiger partial charge in [-0.3, -0.25) is 4.79 Å². The Balaban J connectivity index is 1.75. The fourth-order valence-corrected chi connectivity index (χ4v) is 4.44. The smallest absolute Gasteiger partial charge is 0.258 e. The summed E-state index contributed by atoms with van der Waals surface area (Å²) in [5, 5.41) is 5.61. The summed E-state index contributed by atoms with van der Waals surface area (Å²) in [6.45, 7) is 1.99. The van der Waals surface area contributed by atoms with E-state index in [1.165, 1.54) is 0 Å². The maximum atomic E-state index is 13.2. The number of halogens is 2. The van der Waals surface area contributed by atoms with Crippen LogP contribution in [0.4, 0.5) is 11.6 Å². The van der Waals surface area contributed by atoms with Crippen molar-refractivity contribution in [3.05, 3.63) is 68.8 Å². The lowest BCUT2D eigenvalue weighted by molar-refractivity contribution is 0.914. The lowest BCUT2D eigenvalue weighted by Gasteiger charge is -2.12. The van der Waals surface area contributed by atoms with E-state index in [9.17, 15) is 4.79 Å². The summed E-state index contributed by atoms with van der Waals surface area (Å²) < 4.78 is 3.72. The largest absolute Gasteiger partial charge is 0.333 e.